The van der Waals surface area contributed by atoms with E-state index in [2.05, 4.69) is 15.9 Å². The Morgan fingerprint density at radius 1 is 1.45 bits per heavy atom. The summed E-state index contributed by atoms with van der Waals surface area (Å²) in [6, 6.07) is 5.07. The van der Waals surface area contributed by atoms with E-state index in [0.717, 1.165) is 4.47 Å². The molecule has 1 rings (SSSR count). The molecule has 0 fully saturated rings. The third-order valence-corrected chi connectivity index (χ3v) is 3.98. The Balaban J connectivity index is 2.80. The van der Waals surface area contributed by atoms with Crippen molar-refractivity contribution in [3.8, 4) is 0 Å². The van der Waals surface area contributed by atoms with Gasteiger partial charge in [0, 0.05) is 11.0 Å². The zero-order valence-corrected chi connectivity index (χ0v) is 15.2. The molecule has 0 saturated carbocycles. The smallest absolute Gasteiger partial charge is 0.410 e. The number of benzene rings is 1. The minimum Gasteiger partial charge on any atom is -0.444 e. The zero-order valence-electron chi connectivity index (χ0n) is 12.8. The number of aliphatic hydroxyl groups excluding tert-OH is 2. The molecule has 2 N–H and O–H groups in total. The summed E-state index contributed by atoms with van der Waals surface area (Å²) in [7, 11) is 0. The molecule has 5 nitrogen and oxygen atoms in total. The minimum atomic E-state index is -0.926. The van der Waals surface area contributed by atoms with Crippen molar-refractivity contribution >= 4 is 33.6 Å². The molecule has 1 amide bonds. The molecule has 124 valence electrons. The van der Waals surface area contributed by atoms with Gasteiger partial charge >= 0.3 is 6.09 Å². The van der Waals surface area contributed by atoms with Crippen molar-refractivity contribution in [2.45, 2.75) is 32.5 Å². The fourth-order valence-corrected chi connectivity index (χ4v) is 2.17. The molecule has 1 aromatic rings. The SMILES string of the molecule is CC(C)(C)OC(=O)N(CCO)C[C@@H](O)c1ccc(Br)c(Cl)c1. The number of amides is 1. The van der Waals surface area contributed by atoms with Crippen LogP contribution in [0.4, 0.5) is 4.79 Å². The summed E-state index contributed by atoms with van der Waals surface area (Å²) in [5, 5.41) is 19.8. The van der Waals surface area contributed by atoms with Crippen molar-refractivity contribution < 1.29 is 19.7 Å². The van der Waals surface area contributed by atoms with Crippen LogP contribution < -0.4 is 0 Å². The first-order valence-corrected chi connectivity index (χ1v) is 8.03. The van der Waals surface area contributed by atoms with Gasteiger partial charge in [0.2, 0.25) is 0 Å². The second-order valence-electron chi connectivity index (χ2n) is 5.84. The molecule has 0 heterocycles. The predicted molar refractivity (Wildman–Crippen MR) is 89.0 cm³/mol. The van der Waals surface area contributed by atoms with E-state index < -0.39 is 17.8 Å². The van der Waals surface area contributed by atoms with Gasteiger partial charge in [-0.2, -0.15) is 0 Å². The highest BCUT2D eigenvalue weighted by atomic mass is 79.9. The highest BCUT2D eigenvalue weighted by Crippen LogP contribution is 2.26. The Kier molecular flexibility index (Phi) is 7.12. The van der Waals surface area contributed by atoms with Gasteiger partial charge in [-0.25, -0.2) is 4.79 Å². The van der Waals surface area contributed by atoms with Gasteiger partial charge in [0.1, 0.15) is 5.60 Å². The predicted octanol–water partition coefficient (Wildman–Crippen LogP) is 3.37. The third kappa shape index (κ3) is 6.12. The van der Waals surface area contributed by atoms with Gasteiger partial charge in [-0.1, -0.05) is 17.7 Å². The van der Waals surface area contributed by atoms with Crippen LogP contribution in [0.25, 0.3) is 0 Å². The van der Waals surface area contributed by atoms with Crippen LogP contribution in [0.5, 0.6) is 0 Å². The molecule has 0 aromatic heterocycles. The van der Waals surface area contributed by atoms with Gasteiger partial charge in [0.25, 0.3) is 0 Å². The van der Waals surface area contributed by atoms with Crippen molar-refractivity contribution in [1.29, 1.82) is 0 Å². The number of hydrogen-bond acceptors (Lipinski definition) is 4. The lowest BCUT2D eigenvalue weighted by atomic mass is 10.1. The molecule has 0 spiro atoms. The van der Waals surface area contributed by atoms with Crippen LogP contribution in [0, 0.1) is 0 Å². The number of carbonyl (C=O) groups is 1. The normalized spacial score (nSPS) is 12.9. The molecule has 0 bridgehead atoms. The molecular formula is C15H21BrClNO4. The Labute approximate surface area is 144 Å². The Bertz CT molecular complexity index is 519. The summed E-state index contributed by atoms with van der Waals surface area (Å²) >= 11 is 9.28. The molecule has 7 heteroatoms. The lowest BCUT2D eigenvalue weighted by molar-refractivity contribution is 0.0109. The fourth-order valence-electron chi connectivity index (χ4n) is 1.74. The van der Waals surface area contributed by atoms with Crippen molar-refractivity contribution in [3.63, 3.8) is 0 Å². The molecule has 0 aliphatic heterocycles. The number of ether oxygens (including phenoxy) is 1. The average molecular weight is 395 g/mol. The van der Waals surface area contributed by atoms with Crippen molar-refractivity contribution in [2.75, 3.05) is 19.7 Å². The number of carbonyl (C=O) groups excluding carboxylic acids is 1. The number of halogens is 2. The van der Waals surface area contributed by atoms with Crippen molar-refractivity contribution in [2.24, 2.45) is 0 Å². The lowest BCUT2D eigenvalue weighted by Gasteiger charge is -2.28. The van der Waals surface area contributed by atoms with E-state index in [-0.39, 0.29) is 19.7 Å². The summed E-state index contributed by atoms with van der Waals surface area (Å²) in [6.45, 7) is 5.14. The van der Waals surface area contributed by atoms with Gasteiger partial charge in [0.15, 0.2) is 0 Å². The lowest BCUT2D eigenvalue weighted by Crippen LogP contribution is -2.40. The van der Waals surface area contributed by atoms with Gasteiger partial charge < -0.3 is 19.8 Å². The minimum absolute atomic E-state index is 0.00738. The maximum absolute atomic E-state index is 12.1. The van der Waals surface area contributed by atoms with E-state index in [1.807, 2.05) is 0 Å². The second-order valence-corrected chi connectivity index (χ2v) is 7.10. The van der Waals surface area contributed by atoms with Crippen LogP contribution in [0.3, 0.4) is 0 Å². The van der Waals surface area contributed by atoms with E-state index in [0.29, 0.717) is 10.6 Å². The molecule has 1 aromatic carbocycles. The third-order valence-electron chi connectivity index (χ3n) is 2.74. The monoisotopic (exact) mass is 393 g/mol. The molecule has 1 atom stereocenters. The largest absolute Gasteiger partial charge is 0.444 e. The standard InChI is InChI=1S/C15H21BrClNO4/c1-15(2,3)22-14(21)18(6-7-19)9-13(20)10-4-5-11(16)12(17)8-10/h4-5,8,13,19-20H,6-7,9H2,1-3H3/t13-/m1/s1. The molecule has 0 aliphatic carbocycles. The van der Waals surface area contributed by atoms with Crippen LogP contribution in [0.1, 0.15) is 32.4 Å². The first-order chi connectivity index (χ1) is 10.1. The van der Waals surface area contributed by atoms with Crippen molar-refractivity contribution in [3.05, 3.63) is 33.3 Å². The maximum Gasteiger partial charge on any atom is 0.410 e. The summed E-state index contributed by atoms with van der Waals surface area (Å²) < 4.78 is 5.99. The van der Waals surface area contributed by atoms with E-state index in [1.54, 1.807) is 39.0 Å². The van der Waals surface area contributed by atoms with Crippen LogP contribution in [0.2, 0.25) is 5.02 Å². The summed E-state index contributed by atoms with van der Waals surface area (Å²) in [5.74, 6) is 0. The first-order valence-electron chi connectivity index (χ1n) is 6.86. The second kappa shape index (κ2) is 8.15. The molecule has 0 unspecified atom stereocenters. The topological polar surface area (TPSA) is 70.0 Å². The summed E-state index contributed by atoms with van der Waals surface area (Å²) in [4.78, 5) is 13.4. The van der Waals surface area contributed by atoms with Crippen LogP contribution in [-0.2, 0) is 4.74 Å². The molecular weight excluding hydrogens is 374 g/mol. The summed E-state index contributed by atoms with van der Waals surface area (Å²) in [6.07, 6.45) is -1.51. The number of hydrogen-bond donors (Lipinski definition) is 2. The highest BCUT2D eigenvalue weighted by molar-refractivity contribution is 9.10. The number of nitrogens with zero attached hydrogens (tertiary/aromatic N) is 1. The van der Waals surface area contributed by atoms with Gasteiger partial charge in [0.05, 0.1) is 24.3 Å². The van der Waals surface area contributed by atoms with Crippen LogP contribution >= 0.6 is 27.5 Å². The zero-order chi connectivity index (χ0) is 16.9. The quantitative estimate of drug-likeness (QED) is 0.803. The molecule has 0 saturated heterocycles. The van der Waals surface area contributed by atoms with Gasteiger partial charge in [-0.15, -0.1) is 0 Å². The maximum atomic E-state index is 12.1. The molecule has 0 radical (unpaired) electrons. The van der Waals surface area contributed by atoms with E-state index >= 15 is 0 Å². The van der Waals surface area contributed by atoms with Gasteiger partial charge in [-0.3, -0.25) is 0 Å². The molecule has 22 heavy (non-hydrogen) atoms. The first kappa shape index (κ1) is 19.2. The number of aliphatic hydroxyl groups is 2. The average Bonchev–Trinajstić information content (AvgIpc) is 2.39. The van der Waals surface area contributed by atoms with E-state index in [9.17, 15) is 9.90 Å². The van der Waals surface area contributed by atoms with E-state index in [4.69, 9.17) is 21.4 Å². The van der Waals surface area contributed by atoms with Crippen LogP contribution in [0.15, 0.2) is 22.7 Å². The van der Waals surface area contributed by atoms with Gasteiger partial charge in [-0.05, 0) is 54.4 Å². The Hall–Kier alpha value is -0.820. The summed E-state index contributed by atoms with van der Waals surface area (Å²) in [5.41, 5.74) is -0.0591. The fraction of sp³-hybridized carbons (Fsp3) is 0.533. The Morgan fingerprint density at radius 3 is 2.59 bits per heavy atom. The van der Waals surface area contributed by atoms with Crippen LogP contribution in [-0.4, -0.2) is 46.5 Å². The van der Waals surface area contributed by atoms with E-state index in [1.165, 1.54) is 4.90 Å². The van der Waals surface area contributed by atoms with Crippen molar-refractivity contribution in [1.82, 2.24) is 4.90 Å². The molecule has 0 aliphatic rings. The number of rotatable bonds is 5. The Morgan fingerprint density at radius 2 is 2.09 bits per heavy atom. The highest BCUT2D eigenvalue weighted by Gasteiger charge is 2.24.